The minimum Gasteiger partial charge on any atom is -0.496 e. The molecule has 0 aliphatic carbocycles. The summed E-state index contributed by atoms with van der Waals surface area (Å²) < 4.78 is 17.1. The number of nitrogens with zero attached hydrogens (tertiary/aromatic N) is 2. The number of nitriles is 1. The number of fused-ring (bicyclic) bond motifs is 1. The number of aryl methyl sites for hydroxylation is 1. The lowest BCUT2D eigenvalue weighted by atomic mass is 10.1. The molecule has 0 saturated heterocycles. The van der Waals surface area contributed by atoms with Gasteiger partial charge in [0.05, 0.1) is 31.2 Å². The average Bonchev–Trinajstić information content (AvgIpc) is 3.29. The Morgan fingerprint density at radius 1 is 1.21 bits per heavy atom. The minimum atomic E-state index is -0.487. The largest absolute Gasteiger partial charge is 0.496 e. The first-order valence-electron chi connectivity index (χ1n) is 9.72. The molecule has 4 rings (SSSR count). The van der Waals surface area contributed by atoms with Crippen LogP contribution in [0.2, 0.25) is 0 Å². The highest BCUT2D eigenvalue weighted by Gasteiger charge is 2.15. The molecule has 166 valence electrons. The van der Waals surface area contributed by atoms with E-state index < -0.39 is 5.63 Å². The van der Waals surface area contributed by atoms with Crippen LogP contribution in [0, 0.1) is 18.3 Å². The molecule has 7 nitrogen and oxygen atoms in total. The molecule has 0 saturated carbocycles. The van der Waals surface area contributed by atoms with E-state index in [4.69, 9.17) is 13.9 Å². The van der Waals surface area contributed by atoms with Gasteiger partial charge in [-0.1, -0.05) is 15.9 Å². The molecule has 2 heterocycles. The SMILES string of the molecule is COc1cc(NC=C(C#N)c2nc(-c3cc4cc(Br)ccc4oc3=O)cs2)c(OC)cc1C. The van der Waals surface area contributed by atoms with E-state index >= 15 is 0 Å². The van der Waals surface area contributed by atoms with Crippen molar-refractivity contribution < 1.29 is 13.9 Å². The van der Waals surface area contributed by atoms with Crippen molar-refractivity contribution in [2.45, 2.75) is 6.92 Å². The number of thiazole rings is 1. The Bertz CT molecular complexity index is 1480. The van der Waals surface area contributed by atoms with E-state index in [1.54, 1.807) is 44.0 Å². The first kappa shape index (κ1) is 22.6. The van der Waals surface area contributed by atoms with Crippen molar-refractivity contribution in [2.75, 3.05) is 19.5 Å². The third-order valence-electron chi connectivity index (χ3n) is 4.91. The van der Waals surface area contributed by atoms with Crippen molar-refractivity contribution in [2.24, 2.45) is 0 Å². The van der Waals surface area contributed by atoms with Crippen LogP contribution in [0.1, 0.15) is 10.6 Å². The number of hydrogen-bond acceptors (Lipinski definition) is 8. The van der Waals surface area contributed by atoms with Crippen molar-refractivity contribution in [1.29, 1.82) is 5.26 Å². The molecular formula is C24H18BrN3O4S. The number of benzene rings is 2. The molecular weight excluding hydrogens is 506 g/mol. The summed E-state index contributed by atoms with van der Waals surface area (Å²) in [4.78, 5) is 17.0. The second-order valence-electron chi connectivity index (χ2n) is 7.00. The monoisotopic (exact) mass is 523 g/mol. The fourth-order valence-corrected chi connectivity index (χ4v) is 4.41. The number of halogens is 1. The molecule has 2 aromatic carbocycles. The molecule has 0 radical (unpaired) electrons. The van der Waals surface area contributed by atoms with Crippen molar-refractivity contribution in [3.8, 4) is 28.8 Å². The summed E-state index contributed by atoms with van der Waals surface area (Å²) in [6.07, 6.45) is 1.55. The summed E-state index contributed by atoms with van der Waals surface area (Å²) in [6, 6.07) is 12.9. The van der Waals surface area contributed by atoms with Gasteiger partial charge in [-0.15, -0.1) is 11.3 Å². The molecule has 0 amide bonds. The Kier molecular flexibility index (Phi) is 6.49. The molecule has 0 aliphatic rings. The number of hydrogen-bond donors (Lipinski definition) is 1. The van der Waals surface area contributed by atoms with Crippen LogP contribution < -0.4 is 20.4 Å². The molecule has 2 aromatic heterocycles. The Morgan fingerprint density at radius 3 is 2.73 bits per heavy atom. The van der Waals surface area contributed by atoms with E-state index in [1.807, 2.05) is 25.1 Å². The van der Waals surface area contributed by atoms with Crippen LogP contribution >= 0.6 is 27.3 Å². The average molecular weight is 524 g/mol. The predicted molar refractivity (Wildman–Crippen MR) is 133 cm³/mol. The van der Waals surface area contributed by atoms with E-state index in [0.29, 0.717) is 44.6 Å². The van der Waals surface area contributed by atoms with Gasteiger partial charge in [0.1, 0.15) is 33.7 Å². The topological polar surface area (TPSA) is 97.4 Å². The number of methoxy groups -OCH3 is 2. The maximum atomic E-state index is 12.5. The van der Waals surface area contributed by atoms with E-state index in [9.17, 15) is 10.1 Å². The first-order valence-corrected chi connectivity index (χ1v) is 11.4. The van der Waals surface area contributed by atoms with E-state index in [2.05, 4.69) is 32.3 Å². The van der Waals surface area contributed by atoms with Gasteiger partial charge in [0, 0.05) is 27.5 Å². The Labute approximate surface area is 202 Å². The summed E-state index contributed by atoms with van der Waals surface area (Å²) in [5.74, 6) is 1.30. The van der Waals surface area contributed by atoms with E-state index in [0.717, 1.165) is 15.4 Å². The molecule has 1 N–H and O–H groups in total. The van der Waals surface area contributed by atoms with Gasteiger partial charge in [-0.25, -0.2) is 9.78 Å². The zero-order valence-electron chi connectivity index (χ0n) is 17.9. The smallest absolute Gasteiger partial charge is 0.345 e. The Balaban J connectivity index is 1.67. The molecule has 9 heteroatoms. The van der Waals surface area contributed by atoms with Gasteiger partial charge in [-0.2, -0.15) is 5.26 Å². The van der Waals surface area contributed by atoms with Crippen LogP contribution in [-0.2, 0) is 0 Å². The van der Waals surface area contributed by atoms with Crippen molar-refractivity contribution in [3.05, 3.63) is 73.4 Å². The number of nitrogens with one attached hydrogen (secondary N) is 1. The standard InChI is InChI=1S/C24H18BrN3O4S/c1-13-6-22(31-3)18(9-21(13)30-2)27-11-15(10-26)23-28-19(12-33-23)17-8-14-7-16(25)4-5-20(14)32-24(17)29/h4-9,11-12,27H,1-3H3. The summed E-state index contributed by atoms with van der Waals surface area (Å²) in [7, 11) is 3.16. The zero-order chi connectivity index (χ0) is 23.5. The lowest BCUT2D eigenvalue weighted by Gasteiger charge is -2.12. The molecule has 4 aromatic rings. The van der Waals surface area contributed by atoms with Crippen LogP contribution in [-0.4, -0.2) is 19.2 Å². The molecule has 0 unspecified atom stereocenters. The van der Waals surface area contributed by atoms with Crippen LogP contribution in [0.15, 0.2) is 61.7 Å². The highest BCUT2D eigenvalue weighted by Crippen LogP contribution is 2.33. The van der Waals surface area contributed by atoms with Crippen LogP contribution in [0.4, 0.5) is 5.69 Å². The van der Waals surface area contributed by atoms with Gasteiger partial charge >= 0.3 is 5.63 Å². The molecule has 0 aliphatic heterocycles. The van der Waals surface area contributed by atoms with Gasteiger partial charge in [-0.3, -0.25) is 0 Å². The highest BCUT2D eigenvalue weighted by atomic mass is 79.9. The number of ether oxygens (including phenoxy) is 2. The maximum absolute atomic E-state index is 12.5. The van der Waals surface area contributed by atoms with Crippen LogP contribution in [0.3, 0.4) is 0 Å². The zero-order valence-corrected chi connectivity index (χ0v) is 20.3. The van der Waals surface area contributed by atoms with Crippen LogP contribution in [0.25, 0.3) is 27.8 Å². The normalized spacial score (nSPS) is 11.3. The summed E-state index contributed by atoms with van der Waals surface area (Å²) >= 11 is 4.69. The molecule has 0 bridgehead atoms. The van der Waals surface area contributed by atoms with Gasteiger partial charge in [0.2, 0.25) is 0 Å². The van der Waals surface area contributed by atoms with Gasteiger partial charge in [-0.05, 0) is 42.8 Å². The van der Waals surface area contributed by atoms with Gasteiger partial charge in [0.25, 0.3) is 0 Å². The molecule has 33 heavy (non-hydrogen) atoms. The van der Waals surface area contributed by atoms with E-state index in [1.165, 1.54) is 11.3 Å². The third kappa shape index (κ3) is 4.62. The summed E-state index contributed by atoms with van der Waals surface area (Å²) in [5.41, 5.74) is 2.66. The lowest BCUT2D eigenvalue weighted by Crippen LogP contribution is -2.03. The second kappa shape index (κ2) is 9.48. The van der Waals surface area contributed by atoms with Crippen molar-refractivity contribution in [1.82, 2.24) is 4.98 Å². The van der Waals surface area contributed by atoms with E-state index in [-0.39, 0.29) is 0 Å². The van der Waals surface area contributed by atoms with Crippen molar-refractivity contribution in [3.63, 3.8) is 0 Å². The van der Waals surface area contributed by atoms with Crippen LogP contribution in [0.5, 0.6) is 11.5 Å². The highest BCUT2D eigenvalue weighted by molar-refractivity contribution is 9.10. The van der Waals surface area contributed by atoms with Gasteiger partial charge < -0.3 is 19.2 Å². The van der Waals surface area contributed by atoms with Crippen molar-refractivity contribution >= 4 is 49.5 Å². The number of aromatic nitrogens is 1. The number of anilines is 1. The predicted octanol–water partition coefficient (Wildman–Crippen LogP) is 5.98. The summed E-state index contributed by atoms with van der Waals surface area (Å²) in [6.45, 7) is 1.92. The second-order valence-corrected chi connectivity index (χ2v) is 8.78. The molecule has 0 atom stereocenters. The quantitative estimate of drug-likeness (QED) is 0.245. The van der Waals surface area contributed by atoms with Gasteiger partial charge in [0.15, 0.2) is 0 Å². The molecule has 0 spiro atoms. The minimum absolute atomic E-state index is 0.306. The number of rotatable bonds is 6. The fraction of sp³-hybridized carbons (Fsp3) is 0.125. The summed E-state index contributed by atoms with van der Waals surface area (Å²) in [5, 5.41) is 15.8. The number of allylic oxidation sites excluding steroid dienone is 1. The lowest BCUT2D eigenvalue weighted by molar-refractivity contribution is 0.402. The molecule has 0 fully saturated rings. The Hall–Kier alpha value is -3.61. The first-order chi connectivity index (χ1) is 15.9. The maximum Gasteiger partial charge on any atom is 0.345 e. The fourth-order valence-electron chi connectivity index (χ4n) is 3.25. The third-order valence-corrected chi connectivity index (χ3v) is 6.28. The Morgan fingerprint density at radius 2 is 2.00 bits per heavy atom.